The molecule has 0 bridgehead atoms. The molecular formula is C29H23Br2FN2O4. The van der Waals surface area contributed by atoms with Crippen molar-refractivity contribution < 1.29 is 23.4 Å². The number of carbonyl (C=O) groups is 1. The number of rotatable bonds is 10. The molecule has 4 rings (SSSR count). The molecule has 1 N–H and O–H groups in total. The third kappa shape index (κ3) is 7.43. The molecule has 0 spiro atoms. The molecule has 0 unspecified atom stereocenters. The van der Waals surface area contributed by atoms with Crippen molar-refractivity contribution in [2.24, 2.45) is 5.10 Å². The number of halogens is 3. The van der Waals surface area contributed by atoms with Gasteiger partial charge in [0.1, 0.15) is 24.8 Å². The fourth-order valence-corrected chi connectivity index (χ4v) is 4.87. The van der Waals surface area contributed by atoms with Gasteiger partial charge in [-0.05, 0) is 69.5 Å². The highest BCUT2D eigenvalue weighted by molar-refractivity contribution is 9.11. The van der Waals surface area contributed by atoms with Gasteiger partial charge in [0.15, 0.2) is 11.5 Å². The van der Waals surface area contributed by atoms with E-state index in [0.717, 1.165) is 10.0 Å². The first-order chi connectivity index (χ1) is 18.4. The van der Waals surface area contributed by atoms with Crippen molar-refractivity contribution in [2.75, 3.05) is 7.11 Å². The Hall–Kier alpha value is -3.69. The van der Waals surface area contributed by atoms with Gasteiger partial charge in [-0.15, -0.1) is 0 Å². The Bertz CT molecular complexity index is 1450. The summed E-state index contributed by atoms with van der Waals surface area (Å²) < 4.78 is 32.2. The summed E-state index contributed by atoms with van der Waals surface area (Å²) in [5, 5.41) is 4.11. The minimum Gasteiger partial charge on any atom is -0.493 e. The van der Waals surface area contributed by atoms with Gasteiger partial charge in [-0.2, -0.15) is 5.10 Å². The highest BCUT2D eigenvalue weighted by Gasteiger charge is 2.13. The average molecular weight is 642 g/mol. The van der Waals surface area contributed by atoms with E-state index in [1.807, 2.05) is 36.4 Å². The maximum absolute atomic E-state index is 13.5. The summed E-state index contributed by atoms with van der Waals surface area (Å²) in [5.74, 6) is 0.692. The summed E-state index contributed by atoms with van der Waals surface area (Å²) in [7, 11) is 1.51. The lowest BCUT2D eigenvalue weighted by molar-refractivity contribution is 0.0954. The van der Waals surface area contributed by atoms with Gasteiger partial charge in [0, 0.05) is 15.6 Å². The molecule has 0 heterocycles. The van der Waals surface area contributed by atoms with Crippen molar-refractivity contribution in [1.29, 1.82) is 0 Å². The Morgan fingerprint density at radius 3 is 2.42 bits per heavy atom. The molecule has 0 aliphatic carbocycles. The Balaban J connectivity index is 1.43. The number of amides is 1. The first-order valence-corrected chi connectivity index (χ1v) is 13.1. The summed E-state index contributed by atoms with van der Waals surface area (Å²) in [5.41, 5.74) is 5.17. The van der Waals surface area contributed by atoms with Crippen LogP contribution in [-0.4, -0.2) is 19.2 Å². The SMILES string of the molecule is COc1cc(C(=O)N/N=C/c2cc(Br)cc(Br)c2OCc2cccc(F)c2)ccc1OCc1ccccc1. The number of carbonyl (C=O) groups excluding carboxylic acids is 1. The van der Waals surface area contributed by atoms with Gasteiger partial charge in [-0.1, -0.05) is 58.4 Å². The van der Waals surface area contributed by atoms with Crippen LogP contribution in [0.2, 0.25) is 0 Å². The summed E-state index contributed by atoms with van der Waals surface area (Å²) in [6.07, 6.45) is 1.48. The fourth-order valence-electron chi connectivity index (χ4n) is 3.50. The van der Waals surface area contributed by atoms with Crippen molar-refractivity contribution in [2.45, 2.75) is 13.2 Å². The zero-order valence-electron chi connectivity index (χ0n) is 20.3. The standard InChI is InChI=1S/C29H23Br2FN2O4/c1-36-27-14-21(10-11-26(27)37-17-19-6-3-2-4-7-19)29(35)34-33-16-22-13-23(30)15-25(31)28(22)38-18-20-8-5-9-24(32)12-20/h2-16H,17-18H2,1H3,(H,34,35)/b33-16+. The maximum atomic E-state index is 13.5. The fraction of sp³-hybridized carbons (Fsp3) is 0.103. The van der Waals surface area contributed by atoms with E-state index in [-0.39, 0.29) is 12.4 Å². The lowest BCUT2D eigenvalue weighted by atomic mass is 10.2. The minimum atomic E-state index is -0.426. The molecule has 0 aromatic heterocycles. The third-order valence-corrected chi connectivity index (χ3v) is 6.39. The van der Waals surface area contributed by atoms with Crippen molar-refractivity contribution in [1.82, 2.24) is 5.43 Å². The number of nitrogens with zero attached hydrogens (tertiary/aromatic N) is 1. The monoisotopic (exact) mass is 640 g/mol. The quantitative estimate of drug-likeness (QED) is 0.146. The molecule has 0 atom stereocenters. The van der Waals surface area contributed by atoms with E-state index >= 15 is 0 Å². The zero-order valence-corrected chi connectivity index (χ0v) is 23.5. The number of nitrogens with one attached hydrogen (secondary N) is 1. The minimum absolute atomic E-state index is 0.156. The van der Waals surface area contributed by atoms with Crippen LogP contribution < -0.4 is 19.6 Å². The van der Waals surface area contributed by atoms with Gasteiger partial charge < -0.3 is 14.2 Å². The van der Waals surface area contributed by atoms with E-state index in [2.05, 4.69) is 42.4 Å². The molecule has 0 aliphatic heterocycles. The maximum Gasteiger partial charge on any atom is 0.271 e. The molecule has 0 aliphatic rings. The van der Waals surface area contributed by atoms with Gasteiger partial charge in [-0.3, -0.25) is 4.79 Å². The molecule has 0 radical (unpaired) electrons. The zero-order chi connectivity index (χ0) is 26.9. The number of benzene rings is 4. The van der Waals surface area contributed by atoms with E-state index in [1.54, 1.807) is 36.4 Å². The molecule has 1 amide bonds. The normalized spacial score (nSPS) is 10.8. The molecule has 6 nitrogen and oxygen atoms in total. The Kier molecular flexibility index (Phi) is 9.51. The van der Waals surface area contributed by atoms with Crippen LogP contribution in [0.5, 0.6) is 17.2 Å². The van der Waals surface area contributed by atoms with Crippen LogP contribution in [0, 0.1) is 5.82 Å². The van der Waals surface area contributed by atoms with Crippen molar-refractivity contribution in [3.8, 4) is 17.2 Å². The summed E-state index contributed by atoms with van der Waals surface area (Å²) in [6, 6.07) is 24.5. The number of methoxy groups -OCH3 is 1. The first-order valence-electron chi connectivity index (χ1n) is 11.5. The van der Waals surface area contributed by atoms with Gasteiger partial charge in [-0.25, -0.2) is 9.82 Å². The molecule has 194 valence electrons. The predicted octanol–water partition coefficient (Wildman–Crippen LogP) is 7.28. The van der Waals surface area contributed by atoms with Crippen molar-refractivity contribution >= 4 is 44.0 Å². The lowest BCUT2D eigenvalue weighted by Gasteiger charge is -2.13. The molecule has 38 heavy (non-hydrogen) atoms. The Morgan fingerprint density at radius 2 is 1.66 bits per heavy atom. The van der Waals surface area contributed by atoms with Crippen molar-refractivity contribution in [3.05, 3.63) is 122 Å². The van der Waals surface area contributed by atoms with Crippen LogP contribution in [0.1, 0.15) is 27.0 Å². The van der Waals surface area contributed by atoms with E-state index in [4.69, 9.17) is 14.2 Å². The van der Waals surface area contributed by atoms with Gasteiger partial charge >= 0.3 is 0 Å². The number of hydrogen-bond acceptors (Lipinski definition) is 5. The van der Waals surface area contributed by atoms with Crippen LogP contribution in [0.15, 0.2) is 99.0 Å². The van der Waals surface area contributed by atoms with Crippen LogP contribution in [0.3, 0.4) is 0 Å². The topological polar surface area (TPSA) is 69.2 Å². The van der Waals surface area contributed by atoms with Crippen LogP contribution in [0.4, 0.5) is 4.39 Å². The Morgan fingerprint density at radius 1 is 0.895 bits per heavy atom. The smallest absolute Gasteiger partial charge is 0.271 e. The highest BCUT2D eigenvalue weighted by atomic mass is 79.9. The van der Waals surface area contributed by atoms with Crippen molar-refractivity contribution in [3.63, 3.8) is 0 Å². The first kappa shape index (κ1) is 27.3. The van der Waals surface area contributed by atoms with Crippen LogP contribution in [0.25, 0.3) is 0 Å². The van der Waals surface area contributed by atoms with Gasteiger partial charge in [0.2, 0.25) is 0 Å². The summed E-state index contributed by atoms with van der Waals surface area (Å²) >= 11 is 6.94. The summed E-state index contributed by atoms with van der Waals surface area (Å²) in [4.78, 5) is 12.7. The summed E-state index contributed by atoms with van der Waals surface area (Å²) in [6.45, 7) is 0.530. The molecular weight excluding hydrogens is 619 g/mol. The predicted molar refractivity (Wildman–Crippen MR) is 151 cm³/mol. The van der Waals surface area contributed by atoms with Crippen LogP contribution in [-0.2, 0) is 13.2 Å². The van der Waals surface area contributed by atoms with Gasteiger partial charge in [0.25, 0.3) is 5.91 Å². The number of hydrazone groups is 1. The second-order valence-corrected chi connectivity index (χ2v) is 9.83. The second-order valence-electron chi connectivity index (χ2n) is 8.06. The largest absolute Gasteiger partial charge is 0.493 e. The number of hydrogen-bond donors (Lipinski definition) is 1. The Labute approximate surface area is 236 Å². The second kappa shape index (κ2) is 13.2. The van der Waals surface area contributed by atoms with E-state index in [9.17, 15) is 9.18 Å². The molecule has 9 heteroatoms. The molecule has 0 fully saturated rings. The molecule has 0 saturated heterocycles. The van der Waals surface area contributed by atoms with E-state index in [0.29, 0.717) is 45.0 Å². The van der Waals surface area contributed by atoms with E-state index in [1.165, 1.54) is 25.5 Å². The molecule has 0 saturated carbocycles. The molecule has 4 aromatic carbocycles. The average Bonchev–Trinajstić information content (AvgIpc) is 2.91. The van der Waals surface area contributed by atoms with Gasteiger partial charge in [0.05, 0.1) is 17.8 Å². The lowest BCUT2D eigenvalue weighted by Crippen LogP contribution is -2.17. The highest BCUT2D eigenvalue weighted by Crippen LogP contribution is 2.33. The third-order valence-electron chi connectivity index (χ3n) is 5.34. The van der Waals surface area contributed by atoms with Crippen LogP contribution >= 0.6 is 31.9 Å². The van der Waals surface area contributed by atoms with E-state index < -0.39 is 5.91 Å². The number of ether oxygens (including phenoxy) is 3. The molecule has 4 aromatic rings.